The fourth-order valence-corrected chi connectivity index (χ4v) is 2.33. The zero-order valence-electron chi connectivity index (χ0n) is 12.9. The first-order valence-corrected chi connectivity index (χ1v) is 7.59. The monoisotopic (exact) mass is 317 g/mol. The zero-order valence-corrected chi connectivity index (χ0v) is 12.9. The molecule has 0 aliphatic carbocycles. The van der Waals surface area contributed by atoms with Gasteiger partial charge >= 0.3 is 0 Å². The number of benzene rings is 3. The summed E-state index contributed by atoms with van der Waals surface area (Å²) in [5.74, 6) is -0.296. The van der Waals surface area contributed by atoms with Gasteiger partial charge in [0.2, 0.25) is 0 Å². The normalized spacial score (nSPS) is 10.7. The number of halogens is 1. The van der Waals surface area contributed by atoms with Crippen molar-refractivity contribution in [1.29, 1.82) is 0 Å². The van der Waals surface area contributed by atoms with E-state index in [-0.39, 0.29) is 5.82 Å². The Morgan fingerprint density at radius 3 is 2.21 bits per heavy atom. The molecular formula is C21H16FNO. The molecule has 118 valence electrons. The minimum Gasteiger partial charge on any atom is -0.355 e. The van der Waals surface area contributed by atoms with Crippen molar-refractivity contribution in [2.45, 2.75) is 0 Å². The van der Waals surface area contributed by atoms with Crippen molar-refractivity contribution in [2.75, 3.05) is 5.32 Å². The van der Waals surface area contributed by atoms with Crippen LogP contribution < -0.4 is 5.32 Å². The van der Waals surface area contributed by atoms with Gasteiger partial charge in [0, 0.05) is 16.9 Å². The van der Waals surface area contributed by atoms with E-state index in [0.29, 0.717) is 11.3 Å². The van der Waals surface area contributed by atoms with Crippen LogP contribution in [0.4, 0.5) is 15.8 Å². The predicted octanol–water partition coefficient (Wildman–Crippen LogP) is 5.55. The molecule has 0 radical (unpaired) electrons. The SMILES string of the molecule is O=Cc1ccc(/C=C/c2ccccc2)cc1Nc1ccc(F)cc1. The second-order valence-corrected chi connectivity index (χ2v) is 5.34. The van der Waals surface area contributed by atoms with Gasteiger partial charge in [-0.3, -0.25) is 4.79 Å². The average Bonchev–Trinajstić information content (AvgIpc) is 2.63. The molecule has 0 aliphatic heterocycles. The summed E-state index contributed by atoms with van der Waals surface area (Å²) in [5.41, 5.74) is 4.03. The Labute approximate surface area is 140 Å². The lowest BCUT2D eigenvalue weighted by Crippen LogP contribution is -1.96. The zero-order chi connectivity index (χ0) is 16.8. The summed E-state index contributed by atoms with van der Waals surface area (Å²) in [5, 5.41) is 3.16. The maximum atomic E-state index is 13.0. The third-order valence-corrected chi connectivity index (χ3v) is 3.60. The average molecular weight is 317 g/mol. The van der Waals surface area contributed by atoms with E-state index < -0.39 is 0 Å². The van der Waals surface area contributed by atoms with E-state index in [2.05, 4.69) is 5.32 Å². The van der Waals surface area contributed by atoms with E-state index in [4.69, 9.17) is 0 Å². The highest BCUT2D eigenvalue weighted by molar-refractivity contribution is 5.87. The van der Waals surface area contributed by atoms with Gasteiger partial charge in [-0.1, -0.05) is 48.6 Å². The van der Waals surface area contributed by atoms with E-state index in [1.165, 1.54) is 12.1 Å². The van der Waals surface area contributed by atoms with E-state index in [9.17, 15) is 9.18 Å². The minimum absolute atomic E-state index is 0.296. The molecule has 3 heteroatoms. The Bertz CT molecular complexity index is 855. The van der Waals surface area contributed by atoms with Crippen LogP contribution in [0, 0.1) is 5.82 Å². The number of nitrogens with one attached hydrogen (secondary N) is 1. The van der Waals surface area contributed by atoms with Crippen molar-refractivity contribution in [1.82, 2.24) is 0 Å². The van der Waals surface area contributed by atoms with Gasteiger partial charge in [-0.05, 0) is 47.5 Å². The number of carbonyl (C=O) groups is 1. The molecule has 3 rings (SSSR count). The smallest absolute Gasteiger partial charge is 0.152 e. The molecule has 0 saturated carbocycles. The fraction of sp³-hybridized carbons (Fsp3) is 0. The summed E-state index contributed by atoms with van der Waals surface area (Å²) >= 11 is 0. The van der Waals surface area contributed by atoms with E-state index in [0.717, 1.165) is 23.1 Å². The van der Waals surface area contributed by atoms with E-state index in [1.54, 1.807) is 18.2 Å². The molecular weight excluding hydrogens is 301 g/mol. The topological polar surface area (TPSA) is 29.1 Å². The van der Waals surface area contributed by atoms with Crippen LogP contribution in [0.3, 0.4) is 0 Å². The van der Waals surface area contributed by atoms with Crippen molar-refractivity contribution >= 4 is 29.8 Å². The van der Waals surface area contributed by atoms with Crippen LogP contribution in [-0.4, -0.2) is 6.29 Å². The van der Waals surface area contributed by atoms with Gasteiger partial charge in [-0.25, -0.2) is 4.39 Å². The van der Waals surface area contributed by atoms with Gasteiger partial charge in [0.05, 0.1) is 0 Å². The van der Waals surface area contributed by atoms with Crippen molar-refractivity contribution in [3.63, 3.8) is 0 Å². The summed E-state index contributed by atoms with van der Waals surface area (Å²) in [7, 11) is 0. The van der Waals surface area contributed by atoms with E-state index in [1.807, 2.05) is 54.6 Å². The number of anilines is 2. The second kappa shape index (κ2) is 7.38. The van der Waals surface area contributed by atoms with Crippen LogP contribution in [0.2, 0.25) is 0 Å². The molecule has 0 saturated heterocycles. The summed E-state index contributed by atoms with van der Waals surface area (Å²) in [6, 6.07) is 21.6. The molecule has 3 aromatic carbocycles. The summed E-state index contributed by atoms with van der Waals surface area (Å²) in [4.78, 5) is 11.2. The van der Waals surface area contributed by atoms with Crippen LogP contribution in [-0.2, 0) is 0 Å². The molecule has 0 spiro atoms. The largest absolute Gasteiger partial charge is 0.355 e. The molecule has 24 heavy (non-hydrogen) atoms. The van der Waals surface area contributed by atoms with Crippen molar-refractivity contribution < 1.29 is 9.18 Å². The molecule has 1 N–H and O–H groups in total. The van der Waals surface area contributed by atoms with Gasteiger partial charge in [0.25, 0.3) is 0 Å². The Morgan fingerprint density at radius 2 is 1.50 bits per heavy atom. The third-order valence-electron chi connectivity index (χ3n) is 3.60. The maximum Gasteiger partial charge on any atom is 0.152 e. The first kappa shape index (κ1) is 15.7. The Balaban J connectivity index is 1.86. The standard InChI is InChI=1S/C21H16FNO/c22-19-10-12-20(13-11-19)23-21-14-17(8-9-18(21)15-24)7-6-16-4-2-1-3-5-16/h1-15,23H/b7-6+. The number of rotatable bonds is 5. The molecule has 0 aliphatic rings. The lowest BCUT2D eigenvalue weighted by molar-refractivity contribution is 0.112. The number of aldehydes is 1. The van der Waals surface area contributed by atoms with Crippen LogP contribution >= 0.6 is 0 Å². The van der Waals surface area contributed by atoms with Crippen LogP contribution in [0.1, 0.15) is 21.5 Å². The summed E-state index contributed by atoms with van der Waals surface area (Å²) in [6.45, 7) is 0. The molecule has 3 aromatic rings. The number of hydrogen-bond acceptors (Lipinski definition) is 2. The van der Waals surface area contributed by atoms with Gasteiger partial charge in [0.15, 0.2) is 6.29 Å². The highest BCUT2D eigenvalue weighted by Crippen LogP contribution is 2.23. The molecule has 0 bridgehead atoms. The highest BCUT2D eigenvalue weighted by Gasteiger charge is 2.03. The molecule has 0 atom stereocenters. The molecule has 2 nitrogen and oxygen atoms in total. The van der Waals surface area contributed by atoms with Gasteiger partial charge in [-0.15, -0.1) is 0 Å². The molecule has 0 unspecified atom stereocenters. The maximum absolute atomic E-state index is 13.0. The number of hydrogen-bond donors (Lipinski definition) is 1. The van der Waals surface area contributed by atoms with E-state index >= 15 is 0 Å². The summed E-state index contributed by atoms with van der Waals surface area (Å²) < 4.78 is 13.0. The quantitative estimate of drug-likeness (QED) is 0.493. The minimum atomic E-state index is -0.296. The van der Waals surface area contributed by atoms with Crippen LogP contribution in [0.25, 0.3) is 12.2 Å². The van der Waals surface area contributed by atoms with Gasteiger partial charge < -0.3 is 5.32 Å². The predicted molar refractivity (Wildman–Crippen MR) is 96.9 cm³/mol. The highest BCUT2D eigenvalue weighted by atomic mass is 19.1. The van der Waals surface area contributed by atoms with Crippen LogP contribution in [0.5, 0.6) is 0 Å². The lowest BCUT2D eigenvalue weighted by atomic mass is 10.1. The Morgan fingerprint density at radius 1 is 0.792 bits per heavy atom. The van der Waals surface area contributed by atoms with Crippen molar-refractivity contribution in [3.05, 3.63) is 95.3 Å². The van der Waals surface area contributed by atoms with Gasteiger partial charge in [-0.2, -0.15) is 0 Å². The fourth-order valence-electron chi connectivity index (χ4n) is 2.33. The van der Waals surface area contributed by atoms with Crippen molar-refractivity contribution in [3.8, 4) is 0 Å². The van der Waals surface area contributed by atoms with Gasteiger partial charge in [0.1, 0.15) is 5.82 Å². The third kappa shape index (κ3) is 3.96. The first-order valence-electron chi connectivity index (χ1n) is 7.59. The Kier molecular flexibility index (Phi) is 4.82. The molecule has 0 heterocycles. The second-order valence-electron chi connectivity index (χ2n) is 5.34. The first-order chi connectivity index (χ1) is 11.7. The van der Waals surface area contributed by atoms with Crippen LogP contribution in [0.15, 0.2) is 72.8 Å². The molecule has 0 amide bonds. The van der Waals surface area contributed by atoms with Crippen molar-refractivity contribution in [2.24, 2.45) is 0 Å². The molecule has 0 fully saturated rings. The summed E-state index contributed by atoms with van der Waals surface area (Å²) in [6.07, 6.45) is 4.80. The lowest BCUT2D eigenvalue weighted by Gasteiger charge is -2.10. The number of carbonyl (C=O) groups excluding carboxylic acids is 1. The Hall–Kier alpha value is -3.20. The molecule has 0 aromatic heterocycles.